The quantitative estimate of drug-likeness (QED) is 0.889. The summed E-state index contributed by atoms with van der Waals surface area (Å²) >= 11 is 11.9. The molecule has 0 bridgehead atoms. The number of halogens is 2. The molecule has 2 amide bonds. The maximum absolute atomic E-state index is 12.6. The van der Waals surface area contributed by atoms with Gasteiger partial charge >= 0.3 is 0 Å². The van der Waals surface area contributed by atoms with Crippen LogP contribution in [0.25, 0.3) is 0 Å². The Balaban J connectivity index is 1.72. The predicted octanol–water partition coefficient (Wildman–Crippen LogP) is 2.45. The largest absolute Gasteiger partial charge is 0.365 e. The second kappa shape index (κ2) is 7.29. The summed E-state index contributed by atoms with van der Waals surface area (Å²) in [4.78, 5) is 32.1. The van der Waals surface area contributed by atoms with Crippen molar-refractivity contribution in [3.05, 3.63) is 57.7 Å². The zero-order valence-corrected chi connectivity index (χ0v) is 14.8. The van der Waals surface area contributed by atoms with Crippen molar-refractivity contribution in [2.45, 2.75) is 0 Å². The minimum atomic E-state index is -0.518. The van der Waals surface area contributed by atoms with Crippen LogP contribution in [0.5, 0.6) is 0 Å². The van der Waals surface area contributed by atoms with Crippen LogP contribution in [0.1, 0.15) is 20.7 Å². The summed E-state index contributed by atoms with van der Waals surface area (Å²) in [5.41, 5.74) is 6.24. The minimum Gasteiger partial charge on any atom is -0.365 e. The number of anilines is 1. The predicted molar refractivity (Wildman–Crippen MR) is 97.3 cm³/mol. The molecule has 0 spiro atoms. The van der Waals surface area contributed by atoms with E-state index >= 15 is 0 Å². The van der Waals surface area contributed by atoms with E-state index in [4.69, 9.17) is 28.9 Å². The van der Waals surface area contributed by atoms with Gasteiger partial charge in [0.2, 0.25) is 0 Å². The van der Waals surface area contributed by atoms with Gasteiger partial charge in [0.1, 0.15) is 5.82 Å². The summed E-state index contributed by atoms with van der Waals surface area (Å²) in [5.74, 6) is -0.0942. The van der Waals surface area contributed by atoms with Crippen molar-refractivity contribution in [3.63, 3.8) is 0 Å². The lowest BCUT2D eigenvalue weighted by atomic mass is 10.1. The number of aromatic nitrogens is 1. The van der Waals surface area contributed by atoms with Crippen LogP contribution in [-0.4, -0.2) is 47.9 Å². The first-order chi connectivity index (χ1) is 12.0. The number of nitrogens with two attached hydrogens (primary N) is 1. The van der Waals surface area contributed by atoms with Crippen LogP contribution in [0.2, 0.25) is 10.0 Å². The summed E-state index contributed by atoms with van der Waals surface area (Å²) in [7, 11) is 0. The highest BCUT2D eigenvalue weighted by Gasteiger charge is 2.25. The van der Waals surface area contributed by atoms with Gasteiger partial charge < -0.3 is 15.5 Å². The molecule has 0 atom stereocenters. The molecular weight excluding hydrogens is 363 g/mol. The van der Waals surface area contributed by atoms with Crippen molar-refractivity contribution >= 4 is 40.8 Å². The number of hydrogen-bond acceptors (Lipinski definition) is 4. The first-order valence-corrected chi connectivity index (χ1v) is 8.46. The summed E-state index contributed by atoms with van der Waals surface area (Å²) in [6, 6.07) is 8.12. The molecule has 6 nitrogen and oxygen atoms in total. The van der Waals surface area contributed by atoms with Gasteiger partial charge in [0.05, 0.1) is 5.56 Å². The molecule has 0 unspecified atom stereocenters. The van der Waals surface area contributed by atoms with E-state index in [-0.39, 0.29) is 5.91 Å². The molecule has 1 saturated heterocycles. The number of hydrogen-bond donors (Lipinski definition) is 1. The van der Waals surface area contributed by atoms with Crippen LogP contribution in [-0.2, 0) is 0 Å². The summed E-state index contributed by atoms with van der Waals surface area (Å²) in [6.45, 7) is 2.10. The van der Waals surface area contributed by atoms with Crippen LogP contribution >= 0.6 is 23.2 Å². The van der Waals surface area contributed by atoms with Crippen LogP contribution < -0.4 is 10.6 Å². The molecule has 2 heterocycles. The Morgan fingerprint density at radius 2 is 1.68 bits per heavy atom. The highest BCUT2D eigenvalue weighted by molar-refractivity contribution is 6.35. The first kappa shape index (κ1) is 17.5. The van der Waals surface area contributed by atoms with Crippen LogP contribution in [0.3, 0.4) is 0 Å². The Labute approximate surface area is 155 Å². The van der Waals surface area contributed by atoms with Crippen molar-refractivity contribution in [1.82, 2.24) is 9.88 Å². The van der Waals surface area contributed by atoms with E-state index in [1.54, 1.807) is 41.4 Å². The number of piperazine rings is 1. The Bertz CT molecular complexity index is 800. The van der Waals surface area contributed by atoms with E-state index < -0.39 is 5.91 Å². The fourth-order valence-corrected chi connectivity index (χ4v) is 3.35. The molecule has 1 aliphatic rings. The second-order valence-electron chi connectivity index (χ2n) is 5.68. The third-order valence-corrected chi connectivity index (χ3v) is 4.46. The lowest BCUT2D eigenvalue weighted by molar-refractivity contribution is 0.0746. The van der Waals surface area contributed by atoms with Gasteiger partial charge in [0.15, 0.2) is 0 Å². The lowest BCUT2D eigenvalue weighted by Gasteiger charge is -2.36. The van der Waals surface area contributed by atoms with Gasteiger partial charge in [0.25, 0.3) is 11.8 Å². The average Bonchev–Trinajstić information content (AvgIpc) is 2.60. The molecular formula is C17H16Cl2N4O2. The van der Waals surface area contributed by atoms with Gasteiger partial charge in [-0.3, -0.25) is 9.59 Å². The normalized spacial score (nSPS) is 14.5. The van der Waals surface area contributed by atoms with E-state index in [0.717, 1.165) is 0 Å². The van der Waals surface area contributed by atoms with E-state index in [9.17, 15) is 9.59 Å². The molecule has 0 aliphatic carbocycles. The topological polar surface area (TPSA) is 79.5 Å². The maximum atomic E-state index is 12.6. The van der Waals surface area contributed by atoms with Crippen LogP contribution in [0, 0.1) is 0 Å². The highest BCUT2D eigenvalue weighted by Crippen LogP contribution is 2.22. The van der Waals surface area contributed by atoms with Gasteiger partial charge in [0, 0.05) is 48.0 Å². The highest BCUT2D eigenvalue weighted by atomic mass is 35.5. The molecule has 2 N–H and O–H groups in total. The molecule has 130 valence electrons. The van der Waals surface area contributed by atoms with Gasteiger partial charge in [-0.15, -0.1) is 0 Å². The molecule has 1 aromatic carbocycles. The molecule has 0 radical (unpaired) electrons. The third-order valence-electron chi connectivity index (χ3n) is 4.03. The molecule has 0 saturated carbocycles. The average molecular weight is 379 g/mol. The van der Waals surface area contributed by atoms with E-state index in [2.05, 4.69) is 4.98 Å². The van der Waals surface area contributed by atoms with Crippen LogP contribution in [0.15, 0.2) is 36.5 Å². The zero-order chi connectivity index (χ0) is 18.0. The number of nitrogens with zero attached hydrogens (tertiary/aromatic N) is 3. The minimum absolute atomic E-state index is 0.125. The first-order valence-electron chi connectivity index (χ1n) is 7.71. The van der Waals surface area contributed by atoms with Gasteiger partial charge in [-0.1, -0.05) is 23.2 Å². The zero-order valence-electron chi connectivity index (χ0n) is 13.3. The Morgan fingerprint density at radius 1 is 1.04 bits per heavy atom. The van der Waals surface area contributed by atoms with Crippen molar-refractivity contribution in [1.29, 1.82) is 0 Å². The molecule has 8 heteroatoms. The lowest BCUT2D eigenvalue weighted by Crippen LogP contribution is -2.49. The number of rotatable bonds is 3. The third kappa shape index (κ3) is 3.86. The number of carbonyl (C=O) groups excluding carboxylic acids is 2. The summed E-state index contributed by atoms with van der Waals surface area (Å²) in [5, 5.41) is 0.850. The fraction of sp³-hybridized carbons (Fsp3) is 0.235. The van der Waals surface area contributed by atoms with Crippen molar-refractivity contribution in [2.75, 3.05) is 31.1 Å². The maximum Gasteiger partial charge on any atom is 0.254 e. The fourth-order valence-electron chi connectivity index (χ4n) is 2.82. The molecule has 1 aliphatic heterocycles. The Hall–Kier alpha value is -2.31. The van der Waals surface area contributed by atoms with Gasteiger partial charge in [-0.05, 0) is 30.3 Å². The van der Waals surface area contributed by atoms with Crippen LogP contribution in [0.4, 0.5) is 5.82 Å². The van der Waals surface area contributed by atoms with Crippen molar-refractivity contribution < 1.29 is 9.59 Å². The molecule has 2 aromatic rings. The number of carbonyl (C=O) groups is 2. The molecule has 3 rings (SSSR count). The van der Waals surface area contributed by atoms with Gasteiger partial charge in [-0.25, -0.2) is 4.98 Å². The molecule has 1 aromatic heterocycles. The SMILES string of the molecule is NC(=O)c1cccnc1N1CCN(C(=O)c2cc(Cl)cc(Cl)c2)CC1. The number of pyridine rings is 1. The summed E-state index contributed by atoms with van der Waals surface area (Å²) < 4.78 is 0. The van der Waals surface area contributed by atoms with E-state index in [1.807, 2.05) is 4.90 Å². The monoisotopic (exact) mass is 378 g/mol. The Morgan fingerprint density at radius 3 is 2.28 bits per heavy atom. The number of amides is 2. The number of primary amides is 1. The van der Waals surface area contributed by atoms with Crippen molar-refractivity contribution in [2.24, 2.45) is 5.73 Å². The van der Waals surface area contributed by atoms with E-state index in [1.165, 1.54) is 0 Å². The standard InChI is InChI=1S/C17H16Cl2N4O2/c18-12-8-11(9-13(19)10-12)17(25)23-6-4-22(5-7-23)16-14(15(20)24)2-1-3-21-16/h1-3,8-10H,4-7H2,(H2,20,24). The van der Waals surface area contributed by atoms with E-state index in [0.29, 0.717) is 53.2 Å². The smallest absolute Gasteiger partial charge is 0.254 e. The molecule has 25 heavy (non-hydrogen) atoms. The Kier molecular flexibility index (Phi) is 5.11. The summed E-state index contributed by atoms with van der Waals surface area (Å²) in [6.07, 6.45) is 1.62. The number of benzene rings is 1. The molecule has 1 fully saturated rings. The van der Waals surface area contributed by atoms with Crippen molar-refractivity contribution in [3.8, 4) is 0 Å². The van der Waals surface area contributed by atoms with Gasteiger partial charge in [-0.2, -0.15) is 0 Å². The second-order valence-corrected chi connectivity index (χ2v) is 6.55.